The molecule has 1 aromatic carbocycles. The SMILES string of the molecule is CCC(=O)C(=O)N(CCN1CCOCC1)C1C=C(C(=O)NCCO)C2c3ccccc3OC2C1O. The van der Waals surface area contributed by atoms with E-state index in [1.165, 1.54) is 4.90 Å². The molecule has 1 fully saturated rings. The molecule has 4 unspecified atom stereocenters. The number of morpholine rings is 1. The van der Waals surface area contributed by atoms with Gasteiger partial charge < -0.3 is 29.9 Å². The van der Waals surface area contributed by atoms with E-state index in [0.29, 0.717) is 44.2 Å². The zero-order valence-corrected chi connectivity index (χ0v) is 19.9. The first-order valence-corrected chi connectivity index (χ1v) is 12.1. The summed E-state index contributed by atoms with van der Waals surface area (Å²) in [5, 5.41) is 23.3. The van der Waals surface area contributed by atoms with E-state index in [1.807, 2.05) is 18.2 Å². The molecule has 0 aromatic heterocycles. The third kappa shape index (κ3) is 5.25. The molecule has 10 nitrogen and oxygen atoms in total. The van der Waals surface area contributed by atoms with Gasteiger partial charge in [-0.2, -0.15) is 0 Å². The molecule has 3 N–H and O–H groups in total. The van der Waals surface area contributed by atoms with Crippen molar-refractivity contribution in [3.63, 3.8) is 0 Å². The van der Waals surface area contributed by atoms with E-state index >= 15 is 0 Å². The van der Waals surface area contributed by atoms with Crippen LogP contribution in [0.2, 0.25) is 0 Å². The molecule has 2 aliphatic heterocycles. The number of carbonyl (C=O) groups excluding carboxylic acids is 3. The quantitative estimate of drug-likeness (QED) is 0.396. The fraction of sp³-hybridized carbons (Fsp3) is 0.560. The van der Waals surface area contributed by atoms with Crippen LogP contribution in [-0.4, -0.2) is 108 Å². The highest BCUT2D eigenvalue weighted by molar-refractivity contribution is 6.36. The molecule has 0 bridgehead atoms. The number of aliphatic hydroxyl groups is 2. The van der Waals surface area contributed by atoms with Gasteiger partial charge in [-0.15, -0.1) is 0 Å². The van der Waals surface area contributed by atoms with E-state index < -0.39 is 41.8 Å². The van der Waals surface area contributed by atoms with Gasteiger partial charge in [0, 0.05) is 50.3 Å². The number of ketones is 1. The number of Topliss-reactive ketones (excluding diaryl/α,β-unsaturated/α-hetero) is 1. The predicted octanol–water partition coefficient (Wildman–Crippen LogP) is -0.551. The molecule has 2 heterocycles. The van der Waals surface area contributed by atoms with Crippen LogP contribution in [0.3, 0.4) is 0 Å². The van der Waals surface area contributed by atoms with Crippen LogP contribution in [0.1, 0.15) is 24.8 Å². The van der Waals surface area contributed by atoms with Crippen molar-refractivity contribution in [3.8, 4) is 5.75 Å². The highest BCUT2D eigenvalue weighted by Crippen LogP contribution is 2.47. The van der Waals surface area contributed by atoms with Gasteiger partial charge in [-0.25, -0.2) is 0 Å². The van der Waals surface area contributed by atoms with Crippen LogP contribution in [0, 0.1) is 0 Å². The molecule has 3 aliphatic rings. The summed E-state index contributed by atoms with van der Waals surface area (Å²) in [6.45, 7) is 4.79. The van der Waals surface area contributed by atoms with Crippen LogP contribution < -0.4 is 10.1 Å². The molecule has 0 saturated carbocycles. The minimum Gasteiger partial charge on any atom is -0.486 e. The van der Waals surface area contributed by atoms with E-state index in [9.17, 15) is 24.6 Å². The molecule has 1 saturated heterocycles. The number of para-hydroxylation sites is 1. The Labute approximate surface area is 204 Å². The Morgan fingerprint density at radius 1 is 1.20 bits per heavy atom. The van der Waals surface area contributed by atoms with Crippen molar-refractivity contribution in [2.45, 2.75) is 37.5 Å². The number of aliphatic hydroxyl groups excluding tert-OH is 2. The lowest BCUT2D eigenvalue weighted by Crippen LogP contribution is -2.58. The molecular formula is C25H33N3O7. The molecule has 0 spiro atoms. The van der Waals surface area contributed by atoms with Crippen molar-refractivity contribution in [1.82, 2.24) is 15.1 Å². The van der Waals surface area contributed by atoms with Gasteiger partial charge in [0.15, 0.2) is 0 Å². The molecule has 0 radical (unpaired) electrons. The first-order chi connectivity index (χ1) is 17.0. The molecule has 1 aliphatic carbocycles. The van der Waals surface area contributed by atoms with Gasteiger partial charge in [0.25, 0.3) is 5.91 Å². The molecule has 190 valence electrons. The summed E-state index contributed by atoms with van der Waals surface area (Å²) < 4.78 is 11.5. The van der Waals surface area contributed by atoms with Gasteiger partial charge in [0.05, 0.1) is 31.8 Å². The normalized spacial score (nSPS) is 25.6. The second-order valence-electron chi connectivity index (χ2n) is 8.91. The summed E-state index contributed by atoms with van der Waals surface area (Å²) in [6, 6.07) is 6.35. The predicted molar refractivity (Wildman–Crippen MR) is 126 cm³/mol. The second-order valence-corrected chi connectivity index (χ2v) is 8.91. The number of benzene rings is 1. The maximum absolute atomic E-state index is 13.2. The number of fused-ring (bicyclic) bond motifs is 3. The number of amides is 2. The largest absolute Gasteiger partial charge is 0.486 e. The van der Waals surface area contributed by atoms with Crippen LogP contribution in [0.4, 0.5) is 0 Å². The van der Waals surface area contributed by atoms with Gasteiger partial charge in [-0.1, -0.05) is 25.1 Å². The van der Waals surface area contributed by atoms with Crippen molar-refractivity contribution >= 4 is 17.6 Å². The van der Waals surface area contributed by atoms with E-state index in [0.717, 1.165) is 5.56 Å². The van der Waals surface area contributed by atoms with Crippen LogP contribution >= 0.6 is 0 Å². The van der Waals surface area contributed by atoms with Crippen LogP contribution in [0.25, 0.3) is 0 Å². The molecule has 35 heavy (non-hydrogen) atoms. The Hall–Kier alpha value is -2.79. The van der Waals surface area contributed by atoms with Crippen LogP contribution in [0.5, 0.6) is 5.75 Å². The summed E-state index contributed by atoms with van der Waals surface area (Å²) in [6.07, 6.45) is -0.325. The van der Waals surface area contributed by atoms with E-state index in [4.69, 9.17) is 9.47 Å². The Kier molecular flexibility index (Phi) is 8.17. The summed E-state index contributed by atoms with van der Waals surface area (Å²) in [5.41, 5.74) is 1.12. The molecule has 10 heteroatoms. The average molecular weight is 488 g/mol. The third-order valence-corrected chi connectivity index (χ3v) is 6.82. The second kappa shape index (κ2) is 11.3. The highest BCUT2D eigenvalue weighted by atomic mass is 16.5. The molecule has 1 aromatic rings. The van der Waals surface area contributed by atoms with Crippen molar-refractivity contribution < 1.29 is 34.1 Å². The topological polar surface area (TPSA) is 129 Å². The van der Waals surface area contributed by atoms with Crippen molar-refractivity contribution in [1.29, 1.82) is 0 Å². The van der Waals surface area contributed by atoms with Gasteiger partial charge in [0.2, 0.25) is 11.7 Å². The number of hydrogen-bond donors (Lipinski definition) is 3. The Bertz CT molecular complexity index is 976. The third-order valence-electron chi connectivity index (χ3n) is 6.82. The molecule has 2 amide bonds. The number of nitrogens with one attached hydrogen (secondary N) is 1. The Balaban J connectivity index is 1.68. The number of rotatable bonds is 9. The number of ether oxygens (including phenoxy) is 2. The smallest absolute Gasteiger partial charge is 0.290 e. The minimum absolute atomic E-state index is 0.0389. The lowest BCUT2D eigenvalue weighted by Gasteiger charge is -2.41. The van der Waals surface area contributed by atoms with E-state index in [1.54, 1.807) is 19.1 Å². The van der Waals surface area contributed by atoms with Crippen molar-refractivity contribution in [3.05, 3.63) is 41.5 Å². The van der Waals surface area contributed by atoms with Crippen molar-refractivity contribution in [2.24, 2.45) is 0 Å². The monoisotopic (exact) mass is 487 g/mol. The molecule has 4 atom stereocenters. The fourth-order valence-corrected chi connectivity index (χ4v) is 4.96. The maximum atomic E-state index is 13.2. The fourth-order valence-electron chi connectivity index (χ4n) is 4.96. The first-order valence-electron chi connectivity index (χ1n) is 12.1. The molecular weight excluding hydrogens is 454 g/mol. The standard InChI is InChI=1S/C25H33N3O7/c1-2-19(30)25(33)28(9-8-27-10-13-34-14-11-27)18-15-17(24(32)26-7-12-29)21-16-5-3-4-6-20(16)35-23(21)22(18)31/h3-6,15,18,21-23,29,31H,2,7-14H2,1H3,(H,26,32). The summed E-state index contributed by atoms with van der Waals surface area (Å²) in [5.74, 6) is -1.62. The Morgan fingerprint density at radius 3 is 2.66 bits per heavy atom. The van der Waals surface area contributed by atoms with Crippen LogP contribution in [-0.2, 0) is 19.1 Å². The summed E-state index contributed by atoms with van der Waals surface area (Å²) in [7, 11) is 0. The zero-order chi connectivity index (χ0) is 24.9. The summed E-state index contributed by atoms with van der Waals surface area (Å²) in [4.78, 5) is 42.3. The van der Waals surface area contributed by atoms with E-state index in [2.05, 4.69) is 10.2 Å². The van der Waals surface area contributed by atoms with Gasteiger partial charge in [-0.3, -0.25) is 19.3 Å². The molecule has 4 rings (SSSR count). The van der Waals surface area contributed by atoms with Gasteiger partial charge >= 0.3 is 0 Å². The Morgan fingerprint density at radius 2 is 1.94 bits per heavy atom. The van der Waals surface area contributed by atoms with Crippen LogP contribution in [0.15, 0.2) is 35.9 Å². The van der Waals surface area contributed by atoms with Crippen molar-refractivity contribution in [2.75, 3.05) is 52.5 Å². The summed E-state index contributed by atoms with van der Waals surface area (Å²) >= 11 is 0. The first kappa shape index (κ1) is 25.3. The number of nitrogens with zero attached hydrogens (tertiary/aromatic N) is 2. The minimum atomic E-state index is -1.15. The van der Waals surface area contributed by atoms with Gasteiger partial charge in [0.1, 0.15) is 18.0 Å². The zero-order valence-electron chi connectivity index (χ0n) is 19.9. The van der Waals surface area contributed by atoms with E-state index in [-0.39, 0.29) is 26.1 Å². The average Bonchev–Trinajstić information content (AvgIpc) is 3.28. The maximum Gasteiger partial charge on any atom is 0.290 e. The number of carbonyl (C=O) groups is 3. The van der Waals surface area contributed by atoms with Gasteiger partial charge in [-0.05, 0) is 12.1 Å². The highest BCUT2D eigenvalue weighted by Gasteiger charge is 2.50. The lowest BCUT2D eigenvalue weighted by molar-refractivity contribution is -0.148. The lowest BCUT2D eigenvalue weighted by atomic mass is 9.77. The number of hydrogen-bond acceptors (Lipinski definition) is 8.